The van der Waals surface area contributed by atoms with Gasteiger partial charge in [-0.3, -0.25) is 9.69 Å². The fraction of sp³-hybridized carbons (Fsp3) is 0.562. The van der Waals surface area contributed by atoms with Crippen molar-refractivity contribution in [3.05, 3.63) is 34.9 Å². The SMILES string of the molecule is Cc1cc(C)cc(C(=O)C(C)(C)N2CCCC2)c1. The zero-order chi connectivity index (χ0) is 13.3. The van der Waals surface area contributed by atoms with E-state index in [2.05, 4.69) is 24.8 Å². The van der Waals surface area contributed by atoms with Crippen LogP contribution in [-0.4, -0.2) is 29.3 Å². The number of likely N-dealkylation sites (tertiary alicyclic amines) is 1. The van der Waals surface area contributed by atoms with Crippen LogP contribution in [-0.2, 0) is 0 Å². The highest BCUT2D eigenvalue weighted by atomic mass is 16.1. The van der Waals surface area contributed by atoms with E-state index < -0.39 is 0 Å². The molecule has 0 N–H and O–H groups in total. The lowest BCUT2D eigenvalue weighted by atomic mass is 9.90. The van der Waals surface area contributed by atoms with E-state index in [-0.39, 0.29) is 11.3 Å². The Morgan fingerprint density at radius 3 is 2.06 bits per heavy atom. The van der Waals surface area contributed by atoms with Crippen LogP contribution in [0.4, 0.5) is 0 Å². The number of carbonyl (C=O) groups excluding carboxylic acids is 1. The summed E-state index contributed by atoms with van der Waals surface area (Å²) in [7, 11) is 0. The van der Waals surface area contributed by atoms with Gasteiger partial charge in [-0.25, -0.2) is 0 Å². The minimum Gasteiger partial charge on any atom is -0.292 e. The van der Waals surface area contributed by atoms with Crippen LogP contribution < -0.4 is 0 Å². The summed E-state index contributed by atoms with van der Waals surface area (Å²) in [6, 6.07) is 6.12. The van der Waals surface area contributed by atoms with Gasteiger partial charge in [-0.1, -0.05) is 17.2 Å². The van der Waals surface area contributed by atoms with Crippen LogP contribution in [0.2, 0.25) is 0 Å². The number of ketones is 1. The number of Topliss-reactive ketones (excluding diaryl/α,β-unsaturated/α-hetero) is 1. The first-order chi connectivity index (χ1) is 8.41. The summed E-state index contributed by atoms with van der Waals surface area (Å²) < 4.78 is 0. The summed E-state index contributed by atoms with van der Waals surface area (Å²) in [6.07, 6.45) is 2.42. The Morgan fingerprint density at radius 2 is 1.56 bits per heavy atom. The molecule has 0 spiro atoms. The van der Waals surface area contributed by atoms with Crippen molar-refractivity contribution in [3.8, 4) is 0 Å². The van der Waals surface area contributed by atoms with Gasteiger partial charge in [0, 0.05) is 5.56 Å². The van der Waals surface area contributed by atoms with Gasteiger partial charge in [0.25, 0.3) is 0 Å². The second kappa shape index (κ2) is 4.85. The molecule has 0 radical (unpaired) electrons. The predicted molar refractivity (Wildman–Crippen MR) is 75.1 cm³/mol. The van der Waals surface area contributed by atoms with E-state index in [0.29, 0.717) is 0 Å². The van der Waals surface area contributed by atoms with Crippen molar-refractivity contribution in [2.24, 2.45) is 0 Å². The van der Waals surface area contributed by atoms with Crippen molar-refractivity contribution in [3.63, 3.8) is 0 Å². The second-order valence-corrected chi connectivity index (χ2v) is 5.96. The molecule has 0 aromatic heterocycles. The van der Waals surface area contributed by atoms with Gasteiger partial charge in [0.2, 0.25) is 0 Å². The lowest BCUT2D eigenvalue weighted by Crippen LogP contribution is -2.48. The fourth-order valence-corrected chi connectivity index (χ4v) is 2.88. The van der Waals surface area contributed by atoms with Crippen molar-refractivity contribution in [2.45, 2.75) is 46.1 Å². The van der Waals surface area contributed by atoms with E-state index in [9.17, 15) is 4.79 Å². The average molecular weight is 245 g/mol. The number of hydrogen-bond acceptors (Lipinski definition) is 2. The summed E-state index contributed by atoms with van der Waals surface area (Å²) in [4.78, 5) is 15.0. The summed E-state index contributed by atoms with van der Waals surface area (Å²) in [6.45, 7) is 10.3. The van der Waals surface area contributed by atoms with Gasteiger partial charge in [-0.2, -0.15) is 0 Å². The maximum absolute atomic E-state index is 12.7. The quantitative estimate of drug-likeness (QED) is 0.761. The Hall–Kier alpha value is -1.15. The highest BCUT2D eigenvalue weighted by molar-refractivity contribution is 6.03. The summed E-state index contributed by atoms with van der Waals surface area (Å²) in [5.41, 5.74) is 2.80. The van der Waals surface area contributed by atoms with Crippen LogP contribution in [0.25, 0.3) is 0 Å². The van der Waals surface area contributed by atoms with Crippen LogP contribution in [0, 0.1) is 13.8 Å². The van der Waals surface area contributed by atoms with Gasteiger partial charge in [0.05, 0.1) is 5.54 Å². The van der Waals surface area contributed by atoms with E-state index in [1.54, 1.807) is 0 Å². The molecule has 2 heteroatoms. The minimum absolute atomic E-state index is 0.246. The summed E-state index contributed by atoms with van der Waals surface area (Å²) >= 11 is 0. The maximum Gasteiger partial charge on any atom is 0.182 e. The van der Waals surface area contributed by atoms with Crippen LogP contribution >= 0.6 is 0 Å². The summed E-state index contributed by atoms with van der Waals surface area (Å²) in [5, 5.41) is 0. The largest absolute Gasteiger partial charge is 0.292 e. The minimum atomic E-state index is -0.378. The van der Waals surface area contributed by atoms with Crippen LogP contribution in [0.15, 0.2) is 18.2 Å². The molecule has 0 unspecified atom stereocenters. The molecule has 98 valence electrons. The van der Waals surface area contributed by atoms with E-state index in [1.165, 1.54) is 12.8 Å². The van der Waals surface area contributed by atoms with Crippen LogP contribution in [0.5, 0.6) is 0 Å². The Balaban J connectivity index is 2.29. The fourth-order valence-electron chi connectivity index (χ4n) is 2.88. The van der Waals surface area contributed by atoms with Gasteiger partial charge in [0.15, 0.2) is 5.78 Å². The van der Waals surface area contributed by atoms with Gasteiger partial charge >= 0.3 is 0 Å². The number of carbonyl (C=O) groups is 1. The average Bonchev–Trinajstić information content (AvgIpc) is 2.80. The third-order valence-corrected chi connectivity index (χ3v) is 3.94. The number of nitrogens with zero attached hydrogens (tertiary/aromatic N) is 1. The van der Waals surface area contributed by atoms with Crippen molar-refractivity contribution < 1.29 is 4.79 Å². The number of hydrogen-bond donors (Lipinski definition) is 0. The molecular formula is C16H23NO. The molecule has 0 bridgehead atoms. The molecule has 1 saturated heterocycles. The monoisotopic (exact) mass is 245 g/mol. The molecule has 1 aromatic rings. The molecule has 0 atom stereocenters. The van der Waals surface area contributed by atoms with Crippen molar-refractivity contribution in [1.29, 1.82) is 0 Å². The highest BCUT2D eigenvalue weighted by Crippen LogP contribution is 2.25. The van der Waals surface area contributed by atoms with Gasteiger partial charge in [0.1, 0.15) is 0 Å². The third-order valence-electron chi connectivity index (χ3n) is 3.94. The van der Waals surface area contributed by atoms with Crippen molar-refractivity contribution in [1.82, 2.24) is 4.90 Å². The van der Waals surface area contributed by atoms with Gasteiger partial charge in [-0.05, 0) is 65.8 Å². The molecule has 1 heterocycles. The van der Waals surface area contributed by atoms with E-state index in [1.807, 2.05) is 26.0 Å². The Morgan fingerprint density at radius 1 is 1.06 bits per heavy atom. The maximum atomic E-state index is 12.7. The summed E-state index contributed by atoms with van der Waals surface area (Å²) in [5.74, 6) is 0.246. The van der Waals surface area contributed by atoms with E-state index in [4.69, 9.17) is 0 Å². The molecule has 0 saturated carbocycles. The lowest BCUT2D eigenvalue weighted by molar-refractivity contribution is 0.0702. The predicted octanol–water partition coefficient (Wildman–Crippen LogP) is 3.36. The molecule has 0 amide bonds. The first-order valence-electron chi connectivity index (χ1n) is 6.79. The molecule has 2 nitrogen and oxygen atoms in total. The normalized spacial score (nSPS) is 17.1. The molecular weight excluding hydrogens is 222 g/mol. The Labute approximate surface area is 110 Å². The first kappa shape index (κ1) is 13.3. The molecule has 0 aliphatic carbocycles. The van der Waals surface area contributed by atoms with Crippen LogP contribution in [0.3, 0.4) is 0 Å². The van der Waals surface area contributed by atoms with E-state index in [0.717, 1.165) is 29.8 Å². The van der Waals surface area contributed by atoms with Crippen molar-refractivity contribution in [2.75, 3.05) is 13.1 Å². The van der Waals surface area contributed by atoms with Gasteiger partial charge < -0.3 is 0 Å². The smallest absolute Gasteiger partial charge is 0.182 e. The Kier molecular flexibility index (Phi) is 3.58. The zero-order valence-corrected chi connectivity index (χ0v) is 11.9. The molecule has 2 rings (SSSR count). The zero-order valence-electron chi connectivity index (χ0n) is 11.9. The first-order valence-corrected chi connectivity index (χ1v) is 6.79. The van der Waals surface area contributed by atoms with Crippen molar-refractivity contribution >= 4 is 5.78 Å². The third kappa shape index (κ3) is 2.49. The molecule has 1 aliphatic rings. The number of aryl methyl sites for hydroxylation is 2. The standard InChI is InChI=1S/C16H23NO/c1-12-9-13(2)11-14(10-12)15(18)16(3,4)17-7-5-6-8-17/h9-11H,5-8H2,1-4H3. The number of rotatable bonds is 3. The molecule has 1 aliphatic heterocycles. The lowest BCUT2D eigenvalue weighted by Gasteiger charge is -2.34. The molecule has 1 fully saturated rings. The Bertz CT molecular complexity index is 436. The van der Waals surface area contributed by atoms with Gasteiger partial charge in [-0.15, -0.1) is 0 Å². The number of benzene rings is 1. The van der Waals surface area contributed by atoms with E-state index >= 15 is 0 Å². The topological polar surface area (TPSA) is 20.3 Å². The molecule has 1 aromatic carbocycles. The molecule has 18 heavy (non-hydrogen) atoms. The second-order valence-electron chi connectivity index (χ2n) is 5.96. The van der Waals surface area contributed by atoms with Crippen LogP contribution in [0.1, 0.15) is 48.2 Å². The highest BCUT2D eigenvalue weighted by Gasteiger charge is 2.36.